The first kappa shape index (κ1) is 15.3. The smallest absolute Gasteiger partial charge is 0.137 e. The number of imidazole rings is 1. The Morgan fingerprint density at radius 1 is 1.29 bits per heavy atom. The molecule has 1 unspecified atom stereocenters. The van der Waals surface area contributed by atoms with Crippen molar-refractivity contribution in [3.05, 3.63) is 48.2 Å². The summed E-state index contributed by atoms with van der Waals surface area (Å²) in [5.74, 6) is 0. The van der Waals surface area contributed by atoms with E-state index < -0.39 is 5.60 Å². The van der Waals surface area contributed by atoms with Crippen LogP contribution in [0.15, 0.2) is 36.8 Å². The fourth-order valence-electron chi connectivity index (χ4n) is 3.25. The van der Waals surface area contributed by atoms with E-state index in [1.807, 2.05) is 55.0 Å². The van der Waals surface area contributed by atoms with Crippen molar-refractivity contribution in [3.63, 3.8) is 0 Å². The molecule has 1 fully saturated rings. The van der Waals surface area contributed by atoms with Gasteiger partial charge in [0, 0.05) is 38.1 Å². The van der Waals surface area contributed by atoms with Crippen molar-refractivity contribution in [1.82, 2.24) is 29.3 Å². The third kappa shape index (κ3) is 2.70. The summed E-state index contributed by atoms with van der Waals surface area (Å²) in [5, 5.41) is 19.3. The van der Waals surface area contributed by atoms with Gasteiger partial charge in [-0.1, -0.05) is 11.3 Å². The fraction of sp³-hybridized carbons (Fsp3) is 0.471. The van der Waals surface area contributed by atoms with E-state index in [2.05, 4.69) is 20.2 Å². The highest BCUT2D eigenvalue weighted by molar-refractivity contribution is 5.39. The van der Waals surface area contributed by atoms with Gasteiger partial charge < -0.3 is 9.51 Å². The van der Waals surface area contributed by atoms with E-state index in [0.29, 0.717) is 18.7 Å². The number of fused-ring (bicyclic) bond motifs is 1. The van der Waals surface area contributed by atoms with Crippen molar-refractivity contribution < 1.29 is 5.11 Å². The van der Waals surface area contributed by atoms with Gasteiger partial charge in [0.15, 0.2) is 0 Å². The summed E-state index contributed by atoms with van der Waals surface area (Å²) in [6.07, 6.45) is 6.56. The second-order valence-corrected chi connectivity index (χ2v) is 6.87. The number of β-amino-alcohol motifs (C(OH)–C–C–N with tert-alkyl or cyclic N) is 1. The van der Waals surface area contributed by atoms with Crippen LogP contribution in [0.2, 0.25) is 0 Å². The zero-order chi connectivity index (χ0) is 16.7. The first-order valence-corrected chi connectivity index (χ1v) is 8.33. The number of pyridine rings is 1. The minimum absolute atomic E-state index is 0.241. The molecule has 1 aliphatic heterocycles. The Hall–Kier alpha value is -2.25. The Morgan fingerprint density at radius 3 is 2.92 bits per heavy atom. The summed E-state index contributed by atoms with van der Waals surface area (Å²) in [5.41, 5.74) is 1.69. The molecule has 4 rings (SSSR count). The first-order chi connectivity index (χ1) is 11.5. The van der Waals surface area contributed by atoms with E-state index in [4.69, 9.17) is 0 Å². The molecule has 3 aromatic heterocycles. The molecule has 24 heavy (non-hydrogen) atoms. The fourth-order valence-corrected chi connectivity index (χ4v) is 3.25. The van der Waals surface area contributed by atoms with Crippen LogP contribution in [0.4, 0.5) is 0 Å². The SMILES string of the molecule is CC(C)n1cc(C2(O)CCN(Cc3cn4ccccc4n3)C2)nn1. The number of nitrogens with zero attached hydrogens (tertiary/aromatic N) is 6. The van der Waals surface area contributed by atoms with Gasteiger partial charge in [-0.3, -0.25) is 4.90 Å². The van der Waals surface area contributed by atoms with Crippen LogP contribution in [-0.4, -0.2) is 47.5 Å². The van der Waals surface area contributed by atoms with Gasteiger partial charge in [0.1, 0.15) is 16.9 Å². The Morgan fingerprint density at radius 2 is 2.17 bits per heavy atom. The van der Waals surface area contributed by atoms with Crippen LogP contribution in [0.25, 0.3) is 5.65 Å². The van der Waals surface area contributed by atoms with E-state index in [0.717, 1.165) is 24.4 Å². The molecule has 3 aromatic rings. The molecule has 0 amide bonds. The molecule has 0 saturated carbocycles. The number of likely N-dealkylation sites (tertiary alicyclic amines) is 1. The molecular formula is C17H22N6O. The molecule has 0 aliphatic carbocycles. The van der Waals surface area contributed by atoms with E-state index >= 15 is 0 Å². The third-order valence-corrected chi connectivity index (χ3v) is 4.64. The van der Waals surface area contributed by atoms with E-state index in [1.54, 1.807) is 4.68 Å². The van der Waals surface area contributed by atoms with Crippen LogP contribution < -0.4 is 0 Å². The summed E-state index contributed by atoms with van der Waals surface area (Å²) < 4.78 is 3.81. The predicted octanol–water partition coefficient (Wildman–Crippen LogP) is 1.60. The number of rotatable bonds is 4. The molecule has 126 valence electrons. The molecular weight excluding hydrogens is 304 g/mol. The highest BCUT2D eigenvalue weighted by Gasteiger charge is 2.40. The number of hydrogen-bond donors (Lipinski definition) is 1. The summed E-state index contributed by atoms with van der Waals surface area (Å²) in [6.45, 7) is 6.19. The zero-order valence-corrected chi connectivity index (χ0v) is 14.0. The molecule has 7 heteroatoms. The maximum atomic E-state index is 11.0. The van der Waals surface area contributed by atoms with Crippen molar-refractivity contribution in [3.8, 4) is 0 Å². The van der Waals surface area contributed by atoms with Crippen LogP contribution in [0.5, 0.6) is 0 Å². The molecule has 7 nitrogen and oxygen atoms in total. The normalized spacial score (nSPS) is 22.0. The lowest BCUT2D eigenvalue weighted by Crippen LogP contribution is -2.31. The zero-order valence-electron chi connectivity index (χ0n) is 14.0. The van der Waals surface area contributed by atoms with E-state index in [9.17, 15) is 5.11 Å². The largest absolute Gasteiger partial charge is 0.382 e. The number of aliphatic hydroxyl groups is 1. The molecule has 1 aliphatic rings. The maximum Gasteiger partial charge on any atom is 0.137 e. The topological polar surface area (TPSA) is 71.5 Å². The first-order valence-electron chi connectivity index (χ1n) is 8.33. The van der Waals surface area contributed by atoms with Gasteiger partial charge in [-0.05, 0) is 32.4 Å². The van der Waals surface area contributed by atoms with Gasteiger partial charge in [-0.25, -0.2) is 9.67 Å². The summed E-state index contributed by atoms with van der Waals surface area (Å²) >= 11 is 0. The van der Waals surface area contributed by atoms with Gasteiger partial charge in [0.05, 0.1) is 11.9 Å². The Labute approximate surface area is 140 Å². The van der Waals surface area contributed by atoms with Gasteiger partial charge in [0.2, 0.25) is 0 Å². The molecule has 0 radical (unpaired) electrons. The van der Waals surface area contributed by atoms with Crippen molar-refractivity contribution in [2.45, 2.75) is 38.5 Å². The Kier molecular flexibility index (Phi) is 3.62. The summed E-state index contributed by atoms with van der Waals surface area (Å²) in [7, 11) is 0. The highest BCUT2D eigenvalue weighted by atomic mass is 16.3. The second-order valence-electron chi connectivity index (χ2n) is 6.87. The number of hydrogen-bond acceptors (Lipinski definition) is 5. The van der Waals surface area contributed by atoms with Crippen LogP contribution in [-0.2, 0) is 12.1 Å². The predicted molar refractivity (Wildman–Crippen MR) is 89.4 cm³/mol. The summed E-state index contributed by atoms with van der Waals surface area (Å²) in [4.78, 5) is 6.85. The maximum absolute atomic E-state index is 11.0. The molecule has 0 aromatic carbocycles. The standard InChI is InChI=1S/C17H22N6O/c1-13(2)23-11-15(19-20-23)17(24)6-8-21(12-17)9-14-10-22-7-4-3-5-16(22)18-14/h3-5,7,10-11,13,24H,6,8-9,12H2,1-2H3. The molecule has 4 heterocycles. The van der Waals surface area contributed by atoms with E-state index in [1.165, 1.54) is 0 Å². The molecule has 1 atom stereocenters. The molecule has 1 saturated heterocycles. The van der Waals surface area contributed by atoms with Gasteiger partial charge in [0.25, 0.3) is 0 Å². The Balaban J connectivity index is 1.48. The quantitative estimate of drug-likeness (QED) is 0.788. The Bertz CT molecular complexity index is 821. The molecule has 0 spiro atoms. The van der Waals surface area contributed by atoms with Gasteiger partial charge >= 0.3 is 0 Å². The van der Waals surface area contributed by atoms with Gasteiger partial charge in [-0.2, -0.15) is 0 Å². The van der Waals surface area contributed by atoms with Crippen LogP contribution in [0, 0.1) is 0 Å². The molecule has 0 bridgehead atoms. The van der Waals surface area contributed by atoms with Crippen molar-refractivity contribution >= 4 is 5.65 Å². The van der Waals surface area contributed by atoms with Crippen LogP contribution in [0.3, 0.4) is 0 Å². The second kappa shape index (κ2) is 5.68. The lowest BCUT2D eigenvalue weighted by Gasteiger charge is -2.20. The van der Waals surface area contributed by atoms with Crippen molar-refractivity contribution in [1.29, 1.82) is 0 Å². The highest BCUT2D eigenvalue weighted by Crippen LogP contribution is 2.31. The van der Waals surface area contributed by atoms with E-state index in [-0.39, 0.29) is 6.04 Å². The van der Waals surface area contributed by atoms with Crippen molar-refractivity contribution in [2.24, 2.45) is 0 Å². The lowest BCUT2D eigenvalue weighted by atomic mass is 10.00. The number of aromatic nitrogens is 5. The molecule has 1 N–H and O–H groups in total. The minimum Gasteiger partial charge on any atom is -0.382 e. The minimum atomic E-state index is -0.924. The van der Waals surface area contributed by atoms with Crippen molar-refractivity contribution in [2.75, 3.05) is 13.1 Å². The summed E-state index contributed by atoms with van der Waals surface area (Å²) in [6, 6.07) is 6.21. The van der Waals surface area contributed by atoms with Gasteiger partial charge in [-0.15, -0.1) is 5.10 Å². The monoisotopic (exact) mass is 326 g/mol. The third-order valence-electron chi connectivity index (χ3n) is 4.64. The lowest BCUT2D eigenvalue weighted by molar-refractivity contribution is 0.0407. The van der Waals surface area contributed by atoms with Crippen LogP contribution in [0.1, 0.15) is 37.7 Å². The average Bonchev–Trinajstić information content (AvgIpc) is 3.25. The average molecular weight is 326 g/mol. The van der Waals surface area contributed by atoms with Crippen LogP contribution >= 0.6 is 0 Å².